The number of hydrogen-bond donors (Lipinski definition) is 2. The lowest BCUT2D eigenvalue weighted by atomic mass is 10.0. The highest BCUT2D eigenvalue weighted by Gasteiger charge is 2.15. The molecule has 0 saturated carbocycles. The molecule has 1 atom stereocenters. The predicted octanol–water partition coefficient (Wildman–Crippen LogP) is 2.24. The van der Waals surface area contributed by atoms with Crippen LogP contribution in [0.2, 0.25) is 5.02 Å². The number of hydrogen-bond acceptors (Lipinski definition) is 3. The van der Waals surface area contributed by atoms with Crippen molar-refractivity contribution in [2.75, 3.05) is 13.2 Å². The van der Waals surface area contributed by atoms with Gasteiger partial charge >= 0.3 is 0 Å². The molecular weight excluding hydrogens is 266 g/mol. The van der Waals surface area contributed by atoms with Crippen molar-refractivity contribution in [3.8, 4) is 5.75 Å². The molecule has 0 aliphatic rings. The van der Waals surface area contributed by atoms with Crippen LogP contribution in [0.1, 0.15) is 20.3 Å². The van der Waals surface area contributed by atoms with Gasteiger partial charge in [0.1, 0.15) is 5.75 Å². The molecule has 1 aromatic carbocycles. The Hall–Kier alpha value is -1.26. The lowest BCUT2D eigenvalue weighted by molar-refractivity contribution is -0.124. The third-order valence-electron chi connectivity index (χ3n) is 2.76. The summed E-state index contributed by atoms with van der Waals surface area (Å²) in [6.07, 6.45) is 0.542. The number of benzene rings is 1. The van der Waals surface area contributed by atoms with Crippen molar-refractivity contribution in [2.24, 2.45) is 5.92 Å². The fourth-order valence-electron chi connectivity index (χ4n) is 1.67. The standard InChI is InChI=1S/C14H20ClNO3/c1-10(2)13(6-7-17)16-14(18)9-19-12-5-3-4-11(15)8-12/h3-5,8,10,13,17H,6-7,9H2,1-2H3,(H,16,18). The zero-order chi connectivity index (χ0) is 14.3. The van der Waals surface area contributed by atoms with E-state index in [9.17, 15) is 4.79 Å². The third kappa shape index (κ3) is 5.94. The van der Waals surface area contributed by atoms with Gasteiger partial charge in [-0.05, 0) is 30.5 Å². The van der Waals surface area contributed by atoms with Gasteiger partial charge in [0, 0.05) is 17.7 Å². The van der Waals surface area contributed by atoms with E-state index < -0.39 is 0 Å². The molecule has 0 spiro atoms. The summed E-state index contributed by atoms with van der Waals surface area (Å²) in [5, 5.41) is 12.4. The highest BCUT2D eigenvalue weighted by molar-refractivity contribution is 6.30. The maximum absolute atomic E-state index is 11.7. The zero-order valence-corrected chi connectivity index (χ0v) is 12.0. The minimum atomic E-state index is -0.202. The number of amides is 1. The van der Waals surface area contributed by atoms with E-state index >= 15 is 0 Å². The topological polar surface area (TPSA) is 58.6 Å². The molecule has 0 aliphatic heterocycles. The monoisotopic (exact) mass is 285 g/mol. The molecule has 0 heterocycles. The summed E-state index contributed by atoms with van der Waals surface area (Å²) in [5.41, 5.74) is 0. The summed E-state index contributed by atoms with van der Waals surface area (Å²) in [6.45, 7) is 3.99. The van der Waals surface area contributed by atoms with Gasteiger partial charge in [0.15, 0.2) is 6.61 Å². The molecule has 1 amide bonds. The first-order valence-corrected chi connectivity index (χ1v) is 6.69. The Morgan fingerprint density at radius 2 is 2.21 bits per heavy atom. The summed E-state index contributed by atoms with van der Waals surface area (Å²) in [4.78, 5) is 11.7. The van der Waals surface area contributed by atoms with E-state index in [1.54, 1.807) is 24.3 Å². The number of nitrogens with one attached hydrogen (secondary N) is 1. The molecule has 0 bridgehead atoms. The van der Waals surface area contributed by atoms with Crippen molar-refractivity contribution in [3.63, 3.8) is 0 Å². The maximum atomic E-state index is 11.7. The van der Waals surface area contributed by atoms with Crippen molar-refractivity contribution in [1.82, 2.24) is 5.32 Å². The SMILES string of the molecule is CC(C)C(CCO)NC(=O)COc1cccc(Cl)c1. The van der Waals surface area contributed by atoms with E-state index in [-0.39, 0.29) is 31.1 Å². The fourth-order valence-corrected chi connectivity index (χ4v) is 1.85. The minimum Gasteiger partial charge on any atom is -0.484 e. The Labute approximate surface area is 118 Å². The molecule has 1 rings (SSSR count). The Bertz CT molecular complexity index is 409. The molecule has 0 radical (unpaired) electrons. The quantitative estimate of drug-likeness (QED) is 0.808. The highest BCUT2D eigenvalue weighted by atomic mass is 35.5. The summed E-state index contributed by atoms with van der Waals surface area (Å²) < 4.78 is 5.35. The number of ether oxygens (including phenoxy) is 1. The summed E-state index contributed by atoms with van der Waals surface area (Å²) in [5.74, 6) is 0.625. The van der Waals surface area contributed by atoms with Crippen LogP contribution >= 0.6 is 11.6 Å². The van der Waals surface area contributed by atoms with E-state index in [1.165, 1.54) is 0 Å². The summed E-state index contributed by atoms with van der Waals surface area (Å²) >= 11 is 5.82. The average Bonchev–Trinajstić information content (AvgIpc) is 2.36. The van der Waals surface area contributed by atoms with Gasteiger partial charge in [-0.2, -0.15) is 0 Å². The number of carbonyl (C=O) groups is 1. The second kappa shape index (κ2) is 8.02. The average molecular weight is 286 g/mol. The van der Waals surface area contributed by atoms with Gasteiger partial charge in [-0.1, -0.05) is 31.5 Å². The third-order valence-corrected chi connectivity index (χ3v) is 2.99. The van der Waals surface area contributed by atoms with E-state index in [0.717, 1.165) is 0 Å². The van der Waals surface area contributed by atoms with Crippen molar-refractivity contribution < 1.29 is 14.6 Å². The smallest absolute Gasteiger partial charge is 0.258 e. The van der Waals surface area contributed by atoms with E-state index in [4.69, 9.17) is 21.4 Å². The summed E-state index contributed by atoms with van der Waals surface area (Å²) in [6, 6.07) is 6.86. The van der Waals surface area contributed by atoms with Crippen LogP contribution in [0, 0.1) is 5.92 Å². The molecule has 0 aliphatic carbocycles. The number of carbonyl (C=O) groups excluding carboxylic acids is 1. The lowest BCUT2D eigenvalue weighted by Crippen LogP contribution is -2.41. The molecule has 106 valence electrons. The van der Waals surface area contributed by atoms with Crippen LogP contribution in [0.15, 0.2) is 24.3 Å². The molecule has 0 fully saturated rings. The molecule has 2 N–H and O–H groups in total. The predicted molar refractivity (Wildman–Crippen MR) is 75.4 cm³/mol. The van der Waals surface area contributed by atoms with Crippen LogP contribution in [0.4, 0.5) is 0 Å². The molecule has 0 saturated heterocycles. The van der Waals surface area contributed by atoms with Crippen LogP contribution in [-0.4, -0.2) is 30.3 Å². The Morgan fingerprint density at radius 3 is 2.79 bits per heavy atom. The van der Waals surface area contributed by atoms with E-state index in [2.05, 4.69) is 5.32 Å². The normalized spacial score (nSPS) is 12.3. The van der Waals surface area contributed by atoms with Crippen molar-refractivity contribution in [2.45, 2.75) is 26.3 Å². The molecule has 1 unspecified atom stereocenters. The first-order chi connectivity index (χ1) is 9.02. The fraction of sp³-hybridized carbons (Fsp3) is 0.500. The minimum absolute atomic E-state index is 0.0412. The first-order valence-electron chi connectivity index (χ1n) is 6.31. The van der Waals surface area contributed by atoms with Crippen LogP contribution in [0.5, 0.6) is 5.75 Å². The number of rotatable bonds is 7. The van der Waals surface area contributed by atoms with Crippen LogP contribution in [-0.2, 0) is 4.79 Å². The molecular formula is C14H20ClNO3. The van der Waals surface area contributed by atoms with Crippen LogP contribution in [0.3, 0.4) is 0 Å². The molecule has 5 heteroatoms. The molecule has 19 heavy (non-hydrogen) atoms. The number of halogens is 1. The molecule has 1 aromatic rings. The molecule has 4 nitrogen and oxygen atoms in total. The van der Waals surface area contributed by atoms with Crippen molar-refractivity contribution >= 4 is 17.5 Å². The van der Waals surface area contributed by atoms with Crippen LogP contribution < -0.4 is 10.1 Å². The van der Waals surface area contributed by atoms with Crippen LogP contribution in [0.25, 0.3) is 0 Å². The second-order valence-electron chi connectivity index (χ2n) is 4.68. The van der Waals surface area contributed by atoms with Gasteiger partial charge < -0.3 is 15.2 Å². The van der Waals surface area contributed by atoms with E-state index in [1.807, 2.05) is 13.8 Å². The summed E-state index contributed by atoms with van der Waals surface area (Å²) in [7, 11) is 0. The van der Waals surface area contributed by atoms with Gasteiger partial charge in [0.2, 0.25) is 0 Å². The highest BCUT2D eigenvalue weighted by Crippen LogP contribution is 2.16. The van der Waals surface area contributed by atoms with E-state index in [0.29, 0.717) is 17.2 Å². The van der Waals surface area contributed by atoms with Crippen molar-refractivity contribution in [1.29, 1.82) is 0 Å². The Kier molecular flexibility index (Phi) is 6.67. The number of aliphatic hydroxyl groups is 1. The van der Waals surface area contributed by atoms with Gasteiger partial charge in [0.05, 0.1) is 0 Å². The zero-order valence-electron chi connectivity index (χ0n) is 11.2. The Morgan fingerprint density at radius 1 is 1.47 bits per heavy atom. The van der Waals surface area contributed by atoms with Gasteiger partial charge in [-0.25, -0.2) is 0 Å². The van der Waals surface area contributed by atoms with Gasteiger partial charge in [-0.3, -0.25) is 4.79 Å². The van der Waals surface area contributed by atoms with Crippen molar-refractivity contribution in [3.05, 3.63) is 29.3 Å². The Balaban J connectivity index is 2.42. The maximum Gasteiger partial charge on any atom is 0.258 e. The largest absolute Gasteiger partial charge is 0.484 e. The lowest BCUT2D eigenvalue weighted by Gasteiger charge is -2.21. The molecule has 0 aromatic heterocycles. The first kappa shape index (κ1) is 15.8. The number of aliphatic hydroxyl groups excluding tert-OH is 1. The van der Waals surface area contributed by atoms with Gasteiger partial charge in [0.25, 0.3) is 5.91 Å². The second-order valence-corrected chi connectivity index (χ2v) is 5.11. The van der Waals surface area contributed by atoms with Gasteiger partial charge in [-0.15, -0.1) is 0 Å².